The summed E-state index contributed by atoms with van der Waals surface area (Å²) in [6, 6.07) is 8.51. The fourth-order valence-electron chi connectivity index (χ4n) is 11.7. The summed E-state index contributed by atoms with van der Waals surface area (Å²) in [5, 5.41) is 55.7. The summed E-state index contributed by atoms with van der Waals surface area (Å²) >= 11 is 1.23. The predicted molar refractivity (Wildman–Crippen MR) is 239 cm³/mol. The van der Waals surface area contributed by atoms with E-state index in [2.05, 4.69) is 51.6 Å². The van der Waals surface area contributed by atoms with Gasteiger partial charge in [0.05, 0.1) is 22.4 Å². The highest BCUT2D eigenvalue weighted by molar-refractivity contribution is 7.22. The molecule has 0 amide bonds. The molecule has 4 saturated carbocycles. The zero-order valence-corrected chi connectivity index (χ0v) is 37.0. The van der Waals surface area contributed by atoms with Crippen LogP contribution in [0.1, 0.15) is 107 Å². The molecule has 1 aliphatic heterocycles. The highest BCUT2D eigenvalue weighted by Gasteiger charge is 2.60. The Morgan fingerprint density at radius 3 is 2.64 bits per heavy atom. The van der Waals surface area contributed by atoms with Crippen LogP contribution < -0.4 is 15.5 Å². The summed E-state index contributed by atoms with van der Waals surface area (Å²) in [5.74, 6) is 2.34. The molecule has 1 aromatic carbocycles. The molecule has 0 saturated heterocycles. The van der Waals surface area contributed by atoms with Gasteiger partial charge in [0.25, 0.3) is 0 Å². The maximum absolute atomic E-state index is 14.4. The van der Waals surface area contributed by atoms with E-state index >= 15 is 0 Å². The molecule has 3 aromatic heterocycles. The number of nitrogens with zero attached hydrogens (tertiary/aromatic N) is 6. The van der Waals surface area contributed by atoms with Crippen LogP contribution in [0.25, 0.3) is 15.8 Å². The van der Waals surface area contributed by atoms with E-state index in [-0.39, 0.29) is 34.5 Å². The number of anilines is 4. The Balaban J connectivity index is 0.981. The normalized spacial score (nSPS) is 26.2. The number of fused-ring (bicyclic) bond motifs is 3. The Morgan fingerprint density at radius 1 is 1.08 bits per heavy atom. The van der Waals surface area contributed by atoms with Crippen LogP contribution in [0.4, 0.5) is 27.0 Å². The number of hydrogen-bond donors (Lipinski definition) is 6. The van der Waals surface area contributed by atoms with Crippen LogP contribution in [-0.2, 0) is 11.2 Å². The molecule has 4 fully saturated rings. The number of pyridine rings is 1. The number of aliphatic hydroxyl groups excluding tert-OH is 2. The van der Waals surface area contributed by atoms with Crippen LogP contribution in [0.2, 0.25) is 0 Å². The van der Waals surface area contributed by atoms with E-state index < -0.39 is 6.29 Å². The zero-order valence-electron chi connectivity index (χ0n) is 36.2. The Hall–Kier alpha value is -4.12. The molecule has 6 N–H and O–H groups in total. The van der Waals surface area contributed by atoms with Crippen LogP contribution >= 0.6 is 11.3 Å². The summed E-state index contributed by atoms with van der Waals surface area (Å²) in [6.07, 6.45) is 9.62. The lowest BCUT2D eigenvalue weighted by Crippen LogP contribution is -2.53. The maximum Gasteiger partial charge on any atom is 0.196 e. The van der Waals surface area contributed by atoms with E-state index in [9.17, 15) is 19.7 Å². The Morgan fingerprint density at radius 2 is 1.89 bits per heavy atom. The van der Waals surface area contributed by atoms with E-state index in [0.29, 0.717) is 62.3 Å². The van der Waals surface area contributed by atoms with E-state index in [4.69, 9.17) is 15.1 Å². The average Bonchev–Trinajstić information content (AvgIpc) is 3.57. The van der Waals surface area contributed by atoms with Crippen molar-refractivity contribution in [2.45, 2.75) is 104 Å². The molecule has 5 unspecified atom stereocenters. The minimum atomic E-state index is -1.87. The maximum atomic E-state index is 14.4. The lowest BCUT2D eigenvalue weighted by molar-refractivity contribution is -0.165. The quantitative estimate of drug-likeness (QED) is 0.0346. The summed E-state index contributed by atoms with van der Waals surface area (Å²) < 4.78 is 21.8. The number of ether oxygens (including phenoxy) is 1. The SMILES string of the molecule is C/C(NCC1CC2(C)CC3(C)CC1CC(OCCN(C)CCCCO)(C2)C3)=C(/C=N)c1ccc(N2CCCc3c2nnc(Nc2nc4cccc(F)c4s2)c3C)nc1C(O)O. The first kappa shape index (κ1) is 43.5. The molecule has 4 aromatic rings. The van der Waals surface area contributed by atoms with Crippen molar-refractivity contribution >= 4 is 55.9 Å². The lowest BCUT2D eigenvalue weighted by atomic mass is 9.53. The summed E-state index contributed by atoms with van der Waals surface area (Å²) in [7, 11) is 2.14. The molecule has 13 nitrogen and oxygen atoms in total. The van der Waals surface area contributed by atoms with Crippen molar-refractivity contribution in [3.05, 3.63) is 64.2 Å². The van der Waals surface area contributed by atoms with Gasteiger partial charge < -0.3 is 45.9 Å². The fourth-order valence-corrected chi connectivity index (χ4v) is 12.6. The molecule has 15 heteroatoms. The molecule has 5 atom stereocenters. The van der Waals surface area contributed by atoms with Crippen molar-refractivity contribution in [3.63, 3.8) is 0 Å². The van der Waals surface area contributed by atoms with Gasteiger partial charge in [0, 0.05) is 60.4 Å². The molecule has 328 valence electrons. The minimum absolute atomic E-state index is 0.0688. The van der Waals surface area contributed by atoms with Gasteiger partial charge in [-0.15, -0.1) is 10.2 Å². The number of thiazole rings is 1. The third-order valence-corrected chi connectivity index (χ3v) is 14.9. The standard InChI is InChI=1S/C46H62FN9O4S/c1-28-32-10-9-16-56(41(32)54-53-40(28)52-43-50-36-12-8-11-35(47)39(36)61-43)37-14-13-33(38(51-37)42(58)59)34(23-48)29(2)49-24-31-21-45(4)25-44(3)20-30(31)22-46(26-44,27-45)60-19-17-55(5)15-6-7-18-57/h8,11-14,23,30-31,42,48-49,57-59H,6-7,9-10,15-22,24-27H2,1-5H3,(H,50,52,53)/b34-29+,48-23?. The van der Waals surface area contributed by atoms with E-state index in [1.165, 1.54) is 36.5 Å². The number of rotatable bonds is 17. The van der Waals surface area contributed by atoms with Gasteiger partial charge in [-0.05, 0) is 139 Å². The van der Waals surface area contributed by atoms with E-state index in [1.807, 2.05) is 30.9 Å². The molecule has 0 radical (unpaired) electrons. The first-order valence-corrected chi connectivity index (χ1v) is 22.8. The number of unbranched alkanes of at least 4 members (excludes halogenated alkanes) is 1. The monoisotopic (exact) mass is 855 g/mol. The molecule has 4 aliphatic carbocycles. The molecular formula is C46H62FN9O4S. The Labute approximate surface area is 362 Å². The van der Waals surface area contributed by atoms with Crippen LogP contribution in [0.15, 0.2) is 36.0 Å². The van der Waals surface area contributed by atoms with Gasteiger partial charge in [0.15, 0.2) is 23.1 Å². The predicted octanol–water partition coefficient (Wildman–Crippen LogP) is 7.80. The van der Waals surface area contributed by atoms with Gasteiger partial charge in [-0.25, -0.2) is 14.4 Å². The second-order valence-electron chi connectivity index (χ2n) is 19.1. The third-order valence-electron chi connectivity index (χ3n) is 13.9. The van der Waals surface area contributed by atoms with E-state index in [1.54, 1.807) is 12.1 Å². The smallest absolute Gasteiger partial charge is 0.196 e. The van der Waals surface area contributed by atoms with Gasteiger partial charge >= 0.3 is 0 Å². The average molecular weight is 856 g/mol. The topological polar surface area (TPSA) is 176 Å². The van der Waals surface area contributed by atoms with Gasteiger partial charge in [-0.3, -0.25) is 0 Å². The first-order chi connectivity index (χ1) is 29.2. The highest BCUT2D eigenvalue weighted by Crippen LogP contribution is 2.66. The molecule has 5 aliphatic rings. The molecule has 4 bridgehead atoms. The van der Waals surface area contributed by atoms with Crippen molar-refractivity contribution in [2.75, 3.05) is 56.7 Å². The lowest BCUT2D eigenvalue weighted by Gasteiger charge is -2.56. The second-order valence-corrected chi connectivity index (χ2v) is 20.1. The van der Waals surface area contributed by atoms with Crippen LogP contribution in [-0.4, -0.2) is 98.6 Å². The van der Waals surface area contributed by atoms with Gasteiger partial charge in [0.1, 0.15) is 17.3 Å². The number of likely N-dealkylation sites (N-methyl/N-ethyl adjacent to an activating group) is 1. The number of nitrogens with one attached hydrogen (secondary N) is 3. The molecule has 9 rings (SSSR count). The highest BCUT2D eigenvalue weighted by atomic mass is 32.1. The molecule has 0 spiro atoms. The molecule has 61 heavy (non-hydrogen) atoms. The number of allylic oxidation sites excluding steroid dienone is 2. The van der Waals surface area contributed by atoms with Crippen LogP contribution in [0.3, 0.4) is 0 Å². The molecule has 4 heterocycles. The molecular weight excluding hydrogens is 794 g/mol. The van der Waals surface area contributed by atoms with Gasteiger partial charge in [-0.1, -0.05) is 31.3 Å². The van der Waals surface area contributed by atoms with Gasteiger partial charge in [-0.2, -0.15) is 0 Å². The largest absolute Gasteiger partial charge is 0.396 e. The summed E-state index contributed by atoms with van der Waals surface area (Å²) in [4.78, 5) is 13.6. The number of aliphatic hydroxyl groups is 3. The van der Waals surface area contributed by atoms with Crippen molar-refractivity contribution in [1.82, 2.24) is 30.4 Å². The van der Waals surface area contributed by atoms with Crippen LogP contribution in [0.5, 0.6) is 0 Å². The summed E-state index contributed by atoms with van der Waals surface area (Å²) in [6.45, 7) is 13.1. The second kappa shape index (κ2) is 17.6. The van der Waals surface area contributed by atoms with Crippen molar-refractivity contribution in [3.8, 4) is 0 Å². The third kappa shape index (κ3) is 9.05. The Kier molecular flexibility index (Phi) is 12.5. The number of benzene rings is 1. The van der Waals surface area contributed by atoms with Crippen molar-refractivity contribution in [2.24, 2.45) is 22.7 Å². The van der Waals surface area contributed by atoms with Crippen molar-refractivity contribution < 1.29 is 24.4 Å². The number of aromatic nitrogens is 4. The summed E-state index contributed by atoms with van der Waals surface area (Å²) in [5.41, 5.74) is 4.70. The van der Waals surface area contributed by atoms with Gasteiger partial charge in [0.2, 0.25) is 0 Å². The Bertz CT molecular complexity index is 2290. The fraction of sp³-hybridized carbons (Fsp3) is 0.587. The minimum Gasteiger partial charge on any atom is -0.396 e. The number of hydrogen-bond acceptors (Lipinski definition) is 14. The van der Waals surface area contributed by atoms with Crippen molar-refractivity contribution in [1.29, 1.82) is 5.41 Å². The van der Waals surface area contributed by atoms with E-state index in [0.717, 1.165) is 94.4 Å². The van der Waals surface area contributed by atoms with Crippen LogP contribution in [0, 0.1) is 40.8 Å². The zero-order chi connectivity index (χ0) is 43.1. The first-order valence-electron chi connectivity index (χ1n) is 21.9. The number of halogens is 1.